The molecule has 0 aliphatic carbocycles. The minimum absolute atomic E-state index is 0.241. The molecule has 1 saturated heterocycles. The number of carbonyl (C=O) groups excluding carboxylic acids is 2. The smallest absolute Gasteiger partial charge is 0.258 e. The van der Waals surface area contributed by atoms with Crippen LogP contribution in [0.1, 0.15) is 27.5 Å². The Kier molecular flexibility index (Phi) is 3.89. The molecular weight excluding hydrogens is 278 g/mol. The maximum atomic E-state index is 12.3. The van der Waals surface area contributed by atoms with Gasteiger partial charge < -0.3 is 5.32 Å². The minimum atomic E-state index is -0.642. The summed E-state index contributed by atoms with van der Waals surface area (Å²) in [4.78, 5) is 24.3. The topological polar surface area (TPSA) is 70.2 Å². The molecule has 0 radical (unpaired) electrons. The van der Waals surface area contributed by atoms with E-state index in [-0.39, 0.29) is 17.9 Å². The van der Waals surface area contributed by atoms with Gasteiger partial charge in [-0.2, -0.15) is 0 Å². The Morgan fingerprint density at radius 3 is 2.41 bits per heavy atom. The van der Waals surface area contributed by atoms with Crippen molar-refractivity contribution in [2.24, 2.45) is 0 Å². The first-order chi connectivity index (χ1) is 10.6. The molecule has 2 amide bonds. The summed E-state index contributed by atoms with van der Waals surface area (Å²) < 4.78 is 0. The van der Waals surface area contributed by atoms with E-state index in [1.54, 1.807) is 12.1 Å². The standard InChI is InChI=1S/C17H17N3O2/c1-11-7-9-13(10-8-11)16(21)18-15-14(19-20-17(15)22)12-5-3-2-4-6-12/h2-10,14-15,19H,1H3,(H,18,21)(H,20,22). The normalized spacial score (nSPS) is 20.5. The summed E-state index contributed by atoms with van der Waals surface area (Å²) in [5, 5.41) is 2.80. The van der Waals surface area contributed by atoms with Crippen LogP contribution < -0.4 is 16.2 Å². The Labute approximate surface area is 128 Å². The van der Waals surface area contributed by atoms with Crippen molar-refractivity contribution in [1.82, 2.24) is 16.2 Å². The van der Waals surface area contributed by atoms with E-state index < -0.39 is 6.04 Å². The lowest BCUT2D eigenvalue weighted by Crippen LogP contribution is -2.42. The van der Waals surface area contributed by atoms with E-state index in [2.05, 4.69) is 16.2 Å². The predicted molar refractivity (Wildman–Crippen MR) is 82.9 cm³/mol. The summed E-state index contributed by atoms with van der Waals surface area (Å²) >= 11 is 0. The lowest BCUT2D eigenvalue weighted by molar-refractivity contribution is -0.121. The van der Waals surface area contributed by atoms with Crippen molar-refractivity contribution in [3.8, 4) is 0 Å². The van der Waals surface area contributed by atoms with Gasteiger partial charge in [0.2, 0.25) is 0 Å². The van der Waals surface area contributed by atoms with Crippen LogP contribution >= 0.6 is 0 Å². The van der Waals surface area contributed by atoms with Crippen LogP contribution in [0.3, 0.4) is 0 Å². The first-order valence-corrected chi connectivity index (χ1v) is 7.13. The van der Waals surface area contributed by atoms with Gasteiger partial charge in [0, 0.05) is 5.56 Å². The van der Waals surface area contributed by atoms with Gasteiger partial charge in [0.05, 0.1) is 6.04 Å². The first kappa shape index (κ1) is 14.3. The highest BCUT2D eigenvalue weighted by atomic mass is 16.2. The molecule has 5 heteroatoms. The largest absolute Gasteiger partial charge is 0.338 e. The molecule has 2 unspecified atom stereocenters. The maximum absolute atomic E-state index is 12.3. The molecular formula is C17H17N3O2. The molecule has 1 aliphatic heterocycles. The third kappa shape index (κ3) is 2.84. The van der Waals surface area contributed by atoms with E-state index in [0.717, 1.165) is 11.1 Å². The van der Waals surface area contributed by atoms with Crippen molar-refractivity contribution >= 4 is 11.8 Å². The van der Waals surface area contributed by atoms with Gasteiger partial charge in [-0.15, -0.1) is 0 Å². The Morgan fingerprint density at radius 2 is 1.73 bits per heavy atom. The van der Waals surface area contributed by atoms with Gasteiger partial charge in [-0.3, -0.25) is 15.0 Å². The highest BCUT2D eigenvalue weighted by molar-refractivity contribution is 5.98. The molecule has 1 aliphatic rings. The highest BCUT2D eigenvalue weighted by Crippen LogP contribution is 2.20. The van der Waals surface area contributed by atoms with Gasteiger partial charge in [0.25, 0.3) is 11.8 Å². The zero-order chi connectivity index (χ0) is 15.5. The number of carbonyl (C=O) groups is 2. The fraction of sp³-hybridized carbons (Fsp3) is 0.176. The van der Waals surface area contributed by atoms with Gasteiger partial charge in [-0.05, 0) is 24.6 Å². The van der Waals surface area contributed by atoms with Crippen LogP contribution in [-0.2, 0) is 4.79 Å². The summed E-state index contributed by atoms with van der Waals surface area (Å²) in [5.74, 6) is -0.501. The number of rotatable bonds is 3. The molecule has 0 spiro atoms. The summed E-state index contributed by atoms with van der Waals surface area (Å²) in [6, 6.07) is 15.9. The van der Waals surface area contributed by atoms with Crippen LogP contribution in [0.5, 0.6) is 0 Å². The van der Waals surface area contributed by atoms with E-state index >= 15 is 0 Å². The second kappa shape index (κ2) is 5.99. The second-order valence-electron chi connectivity index (χ2n) is 5.34. The molecule has 0 aromatic heterocycles. The average Bonchev–Trinajstić information content (AvgIpc) is 2.90. The van der Waals surface area contributed by atoms with Crippen LogP contribution in [0.25, 0.3) is 0 Å². The lowest BCUT2D eigenvalue weighted by atomic mass is 10.0. The zero-order valence-corrected chi connectivity index (χ0v) is 12.2. The Bertz CT molecular complexity index is 683. The molecule has 0 bridgehead atoms. The number of amides is 2. The predicted octanol–water partition coefficient (Wildman–Crippen LogP) is 1.47. The Morgan fingerprint density at radius 1 is 1.05 bits per heavy atom. The van der Waals surface area contributed by atoms with Crippen molar-refractivity contribution in [3.05, 3.63) is 71.3 Å². The SMILES string of the molecule is Cc1ccc(C(=O)NC2C(=O)NNC2c2ccccc2)cc1. The zero-order valence-electron chi connectivity index (χ0n) is 12.2. The van der Waals surface area contributed by atoms with Crippen LogP contribution in [0.15, 0.2) is 54.6 Å². The lowest BCUT2D eigenvalue weighted by Gasteiger charge is -2.18. The third-order valence-electron chi connectivity index (χ3n) is 3.73. The number of hydrazine groups is 1. The fourth-order valence-corrected chi connectivity index (χ4v) is 2.48. The molecule has 3 N–H and O–H groups in total. The molecule has 2 aromatic rings. The number of hydrogen-bond acceptors (Lipinski definition) is 3. The second-order valence-corrected chi connectivity index (χ2v) is 5.34. The molecule has 3 rings (SSSR count). The fourth-order valence-electron chi connectivity index (χ4n) is 2.48. The molecule has 22 heavy (non-hydrogen) atoms. The van der Waals surface area contributed by atoms with Gasteiger partial charge >= 0.3 is 0 Å². The summed E-state index contributed by atoms with van der Waals surface area (Å²) in [5.41, 5.74) is 8.07. The van der Waals surface area contributed by atoms with Crippen LogP contribution in [-0.4, -0.2) is 17.9 Å². The van der Waals surface area contributed by atoms with Gasteiger partial charge in [0.1, 0.15) is 6.04 Å². The van der Waals surface area contributed by atoms with Crippen molar-refractivity contribution in [3.63, 3.8) is 0 Å². The maximum Gasteiger partial charge on any atom is 0.258 e. The number of nitrogens with one attached hydrogen (secondary N) is 3. The molecule has 1 fully saturated rings. The summed E-state index contributed by atoms with van der Waals surface area (Å²) in [6.07, 6.45) is 0. The van der Waals surface area contributed by atoms with Gasteiger partial charge in [0.15, 0.2) is 0 Å². The molecule has 112 valence electrons. The Hall–Kier alpha value is -2.66. The van der Waals surface area contributed by atoms with E-state index in [4.69, 9.17) is 0 Å². The van der Waals surface area contributed by atoms with E-state index in [9.17, 15) is 9.59 Å². The molecule has 1 heterocycles. The van der Waals surface area contributed by atoms with E-state index in [1.165, 1.54) is 0 Å². The number of benzene rings is 2. The first-order valence-electron chi connectivity index (χ1n) is 7.13. The summed E-state index contributed by atoms with van der Waals surface area (Å²) in [6.45, 7) is 1.96. The van der Waals surface area contributed by atoms with Crippen LogP contribution in [0.2, 0.25) is 0 Å². The van der Waals surface area contributed by atoms with Crippen LogP contribution in [0.4, 0.5) is 0 Å². The number of hydrogen-bond donors (Lipinski definition) is 3. The van der Waals surface area contributed by atoms with Crippen molar-refractivity contribution in [2.75, 3.05) is 0 Å². The molecule has 2 atom stereocenters. The molecule has 0 saturated carbocycles. The van der Waals surface area contributed by atoms with Crippen molar-refractivity contribution in [1.29, 1.82) is 0 Å². The van der Waals surface area contributed by atoms with Crippen LogP contribution in [0, 0.1) is 6.92 Å². The number of aryl methyl sites for hydroxylation is 1. The summed E-state index contributed by atoms with van der Waals surface area (Å²) in [7, 11) is 0. The molecule has 5 nitrogen and oxygen atoms in total. The van der Waals surface area contributed by atoms with Crippen molar-refractivity contribution in [2.45, 2.75) is 19.0 Å². The average molecular weight is 295 g/mol. The van der Waals surface area contributed by atoms with E-state index in [1.807, 2.05) is 49.4 Å². The quantitative estimate of drug-likeness (QED) is 0.803. The van der Waals surface area contributed by atoms with Crippen molar-refractivity contribution < 1.29 is 9.59 Å². The minimum Gasteiger partial charge on any atom is -0.338 e. The monoisotopic (exact) mass is 295 g/mol. The van der Waals surface area contributed by atoms with Gasteiger partial charge in [-0.25, -0.2) is 5.43 Å². The van der Waals surface area contributed by atoms with E-state index in [0.29, 0.717) is 5.56 Å². The van der Waals surface area contributed by atoms with Gasteiger partial charge in [-0.1, -0.05) is 48.0 Å². The highest BCUT2D eigenvalue weighted by Gasteiger charge is 2.36. The Balaban J connectivity index is 1.78. The third-order valence-corrected chi connectivity index (χ3v) is 3.73. The molecule has 2 aromatic carbocycles.